The molecule has 0 saturated carbocycles. The van der Waals surface area contributed by atoms with Gasteiger partial charge in [-0.15, -0.1) is 0 Å². The Labute approximate surface area is 171 Å². The number of piperidine rings is 1. The fourth-order valence-electron chi connectivity index (χ4n) is 3.47. The Hall–Kier alpha value is -2.87. The van der Waals surface area contributed by atoms with E-state index in [-0.39, 0.29) is 24.3 Å². The number of rotatable bonds is 6. The summed E-state index contributed by atoms with van der Waals surface area (Å²) in [4.78, 5) is 25.7. The minimum Gasteiger partial charge on any atom is -0.369 e. The van der Waals surface area contributed by atoms with Crippen molar-refractivity contribution in [2.24, 2.45) is 11.7 Å². The third kappa shape index (κ3) is 5.14. The Bertz CT molecular complexity index is 967. The van der Waals surface area contributed by atoms with Gasteiger partial charge in [-0.2, -0.15) is 0 Å². The Balaban J connectivity index is 1.74. The molecule has 29 heavy (non-hydrogen) atoms. The maximum atomic E-state index is 12.7. The molecule has 0 aliphatic carbocycles. The van der Waals surface area contributed by atoms with Crippen molar-refractivity contribution in [2.75, 3.05) is 23.7 Å². The summed E-state index contributed by atoms with van der Waals surface area (Å²) in [5.74, 6) is -0.628. The number of benzene rings is 2. The summed E-state index contributed by atoms with van der Waals surface area (Å²) in [6.45, 7) is 1.18. The number of hydrogen-bond donors (Lipinski definition) is 1. The van der Waals surface area contributed by atoms with E-state index in [2.05, 4.69) is 0 Å². The SMILES string of the molecule is CS(=O)(=O)N(Cc1ccccc1)c1ccc(C(=O)N2CCC(C(N)=O)CC2)cc1. The van der Waals surface area contributed by atoms with E-state index < -0.39 is 10.0 Å². The zero-order chi connectivity index (χ0) is 21.0. The summed E-state index contributed by atoms with van der Waals surface area (Å²) in [7, 11) is -3.49. The predicted octanol–water partition coefficient (Wildman–Crippen LogP) is 1.99. The lowest BCUT2D eigenvalue weighted by molar-refractivity contribution is -0.123. The van der Waals surface area contributed by atoms with Crippen LogP contribution in [0.15, 0.2) is 54.6 Å². The summed E-state index contributed by atoms with van der Waals surface area (Å²) < 4.78 is 25.9. The number of hydrogen-bond acceptors (Lipinski definition) is 4. The molecular weight excluding hydrogens is 390 g/mol. The first kappa shape index (κ1) is 20.9. The minimum absolute atomic E-state index is 0.131. The van der Waals surface area contributed by atoms with E-state index in [9.17, 15) is 18.0 Å². The van der Waals surface area contributed by atoms with Crippen molar-refractivity contribution in [3.8, 4) is 0 Å². The van der Waals surface area contributed by atoms with Gasteiger partial charge in [0.2, 0.25) is 15.9 Å². The average Bonchev–Trinajstić information content (AvgIpc) is 2.72. The molecule has 2 amide bonds. The first-order chi connectivity index (χ1) is 13.8. The molecule has 154 valence electrons. The number of amides is 2. The second-order valence-corrected chi connectivity index (χ2v) is 9.18. The minimum atomic E-state index is -3.49. The normalized spacial score (nSPS) is 15.1. The average molecular weight is 416 g/mol. The number of carbonyl (C=O) groups is 2. The number of sulfonamides is 1. The smallest absolute Gasteiger partial charge is 0.253 e. The molecule has 2 aromatic rings. The molecule has 0 aromatic heterocycles. The summed E-state index contributed by atoms with van der Waals surface area (Å²) in [5.41, 5.74) is 7.20. The zero-order valence-electron chi connectivity index (χ0n) is 16.3. The molecule has 1 aliphatic rings. The number of anilines is 1. The lowest BCUT2D eigenvalue weighted by Crippen LogP contribution is -2.41. The second-order valence-electron chi connectivity index (χ2n) is 7.27. The van der Waals surface area contributed by atoms with Crippen LogP contribution in [0.25, 0.3) is 0 Å². The molecule has 0 atom stereocenters. The van der Waals surface area contributed by atoms with E-state index in [1.807, 2.05) is 30.3 Å². The van der Waals surface area contributed by atoms with Gasteiger partial charge in [0.1, 0.15) is 0 Å². The van der Waals surface area contributed by atoms with Gasteiger partial charge >= 0.3 is 0 Å². The Morgan fingerprint density at radius 2 is 1.62 bits per heavy atom. The third-order valence-corrected chi connectivity index (χ3v) is 6.30. The number of nitrogens with two attached hydrogens (primary N) is 1. The molecule has 0 unspecified atom stereocenters. The van der Waals surface area contributed by atoms with Crippen molar-refractivity contribution >= 4 is 27.5 Å². The van der Waals surface area contributed by atoms with Crippen molar-refractivity contribution in [1.29, 1.82) is 0 Å². The molecule has 3 rings (SSSR count). The summed E-state index contributed by atoms with van der Waals surface area (Å²) in [6, 6.07) is 15.9. The highest BCUT2D eigenvalue weighted by Crippen LogP contribution is 2.23. The van der Waals surface area contributed by atoms with E-state index in [1.165, 1.54) is 4.31 Å². The van der Waals surface area contributed by atoms with Crippen molar-refractivity contribution in [3.05, 3.63) is 65.7 Å². The van der Waals surface area contributed by atoms with Crippen molar-refractivity contribution in [3.63, 3.8) is 0 Å². The monoisotopic (exact) mass is 415 g/mol. The summed E-state index contributed by atoms with van der Waals surface area (Å²) >= 11 is 0. The largest absolute Gasteiger partial charge is 0.369 e. The molecule has 8 heteroatoms. The molecule has 7 nitrogen and oxygen atoms in total. The van der Waals surface area contributed by atoms with Crippen LogP contribution in [-0.4, -0.2) is 44.5 Å². The van der Waals surface area contributed by atoms with Gasteiger partial charge < -0.3 is 10.6 Å². The Morgan fingerprint density at radius 1 is 1.03 bits per heavy atom. The third-order valence-electron chi connectivity index (χ3n) is 5.16. The molecular formula is C21H25N3O4S. The maximum absolute atomic E-state index is 12.7. The fraction of sp³-hybridized carbons (Fsp3) is 0.333. The molecule has 0 spiro atoms. The lowest BCUT2D eigenvalue weighted by Gasteiger charge is -2.30. The summed E-state index contributed by atoms with van der Waals surface area (Å²) in [5, 5.41) is 0. The zero-order valence-corrected chi connectivity index (χ0v) is 17.1. The van der Waals surface area contributed by atoms with Gasteiger partial charge in [0.15, 0.2) is 0 Å². The van der Waals surface area contributed by atoms with Crippen LogP contribution in [0.2, 0.25) is 0 Å². The first-order valence-electron chi connectivity index (χ1n) is 9.46. The van der Waals surface area contributed by atoms with Crippen LogP contribution in [0.5, 0.6) is 0 Å². The van der Waals surface area contributed by atoms with Crippen LogP contribution in [0, 0.1) is 5.92 Å². The van der Waals surface area contributed by atoms with Gasteiger partial charge in [-0.25, -0.2) is 8.42 Å². The van der Waals surface area contributed by atoms with Crippen molar-refractivity contribution < 1.29 is 18.0 Å². The van der Waals surface area contributed by atoms with Crippen LogP contribution >= 0.6 is 0 Å². The van der Waals surface area contributed by atoms with Gasteiger partial charge in [-0.1, -0.05) is 30.3 Å². The molecule has 1 fully saturated rings. The van der Waals surface area contributed by atoms with Crippen molar-refractivity contribution in [2.45, 2.75) is 19.4 Å². The van der Waals surface area contributed by atoms with Gasteiger partial charge in [0.25, 0.3) is 5.91 Å². The highest BCUT2D eigenvalue weighted by molar-refractivity contribution is 7.92. The predicted molar refractivity (Wildman–Crippen MR) is 112 cm³/mol. The highest BCUT2D eigenvalue weighted by atomic mass is 32.2. The van der Waals surface area contributed by atoms with Gasteiger partial charge in [-0.3, -0.25) is 13.9 Å². The first-order valence-corrected chi connectivity index (χ1v) is 11.3. The van der Waals surface area contributed by atoms with Crippen LogP contribution in [0.3, 0.4) is 0 Å². The molecule has 2 N–H and O–H groups in total. The van der Waals surface area contributed by atoms with Crippen molar-refractivity contribution in [1.82, 2.24) is 4.90 Å². The standard InChI is InChI=1S/C21H25N3O4S/c1-29(27,28)24(15-16-5-3-2-4-6-16)19-9-7-18(8-10-19)21(26)23-13-11-17(12-14-23)20(22)25/h2-10,17H,11-15H2,1H3,(H2,22,25). The molecule has 0 bridgehead atoms. The van der Waals surface area contributed by atoms with Gasteiger partial charge in [-0.05, 0) is 42.7 Å². The number of nitrogens with zero attached hydrogens (tertiary/aromatic N) is 2. The molecule has 0 radical (unpaired) electrons. The van der Waals surface area contributed by atoms with E-state index in [0.29, 0.717) is 37.2 Å². The van der Waals surface area contributed by atoms with E-state index >= 15 is 0 Å². The highest BCUT2D eigenvalue weighted by Gasteiger charge is 2.26. The fourth-order valence-corrected chi connectivity index (χ4v) is 4.36. The Kier molecular flexibility index (Phi) is 6.22. The molecule has 1 aliphatic heterocycles. The van der Waals surface area contributed by atoms with E-state index in [1.54, 1.807) is 29.2 Å². The Morgan fingerprint density at radius 3 is 2.14 bits per heavy atom. The maximum Gasteiger partial charge on any atom is 0.253 e. The number of primary amides is 1. The molecule has 1 heterocycles. The molecule has 2 aromatic carbocycles. The number of carbonyl (C=O) groups excluding carboxylic acids is 2. The van der Waals surface area contributed by atoms with E-state index in [0.717, 1.165) is 11.8 Å². The van der Waals surface area contributed by atoms with Crippen LogP contribution in [0.1, 0.15) is 28.8 Å². The van der Waals surface area contributed by atoms with Crippen LogP contribution in [0.4, 0.5) is 5.69 Å². The van der Waals surface area contributed by atoms with Gasteiger partial charge in [0.05, 0.1) is 18.5 Å². The second kappa shape index (κ2) is 8.65. The van der Waals surface area contributed by atoms with Crippen LogP contribution in [-0.2, 0) is 21.4 Å². The lowest BCUT2D eigenvalue weighted by atomic mass is 9.96. The van der Waals surface area contributed by atoms with Crippen LogP contribution < -0.4 is 10.0 Å². The molecule has 1 saturated heterocycles. The number of likely N-dealkylation sites (tertiary alicyclic amines) is 1. The quantitative estimate of drug-likeness (QED) is 0.780. The van der Waals surface area contributed by atoms with Gasteiger partial charge in [0, 0.05) is 24.6 Å². The summed E-state index contributed by atoms with van der Waals surface area (Å²) in [6.07, 6.45) is 2.30. The topological polar surface area (TPSA) is 101 Å². The van der Waals surface area contributed by atoms with E-state index in [4.69, 9.17) is 5.73 Å².